The maximum atomic E-state index is 12.9. The molecule has 3 rings (SSSR count). The first-order chi connectivity index (χ1) is 12.3. The summed E-state index contributed by atoms with van der Waals surface area (Å²) in [6.45, 7) is 5.18. The van der Waals surface area contributed by atoms with E-state index in [1.807, 2.05) is 31.2 Å². The summed E-state index contributed by atoms with van der Waals surface area (Å²) in [4.78, 5) is 38.1. The molecule has 26 heavy (non-hydrogen) atoms. The number of nitrogens with zero attached hydrogens (tertiary/aromatic N) is 1. The van der Waals surface area contributed by atoms with Crippen LogP contribution in [0.15, 0.2) is 34.7 Å². The van der Waals surface area contributed by atoms with E-state index in [-0.39, 0.29) is 18.0 Å². The molecule has 1 aliphatic rings. The lowest BCUT2D eigenvalue weighted by Gasteiger charge is -2.22. The van der Waals surface area contributed by atoms with Crippen LogP contribution in [0.25, 0.3) is 0 Å². The molecule has 0 bridgehead atoms. The summed E-state index contributed by atoms with van der Waals surface area (Å²) in [7, 11) is 1.28. The number of aryl methyl sites for hydroxylation is 2. The maximum Gasteiger partial charge on any atom is 0.341 e. The second-order valence-corrected chi connectivity index (χ2v) is 6.49. The molecule has 0 saturated carbocycles. The molecule has 3 amide bonds. The topological polar surface area (TPSA) is 88.9 Å². The van der Waals surface area contributed by atoms with Crippen molar-refractivity contribution in [1.29, 1.82) is 0 Å². The van der Waals surface area contributed by atoms with Crippen LogP contribution in [-0.4, -0.2) is 29.9 Å². The summed E-state index contributed by atoms with van der Waals surface area (Å²) in [5.74, 6) is -0.195. The Hall–Kier alpha value is -3.09. The minimum absolute atomic E-state index is 0.0655. The smallest absolute Gasteiger partial charge is 0.341 e. The summed E-state index contributed by atoms with van der Waals surface area (Å²) in [5.41, 5.74) is 0.899. The lowest BCUT2D eigenvalue weighted by Crippen LogP contribution is -2.40. The predicted octanol–water partition coefficient (Wildman–Crippen LogP) is 2.65. The highest BCUT2D eigenvalue weighted by Crippen LogP contribution is 2.30. The Labute approximate surface area is 150 Å². The number of esters is 1. The van der Waals surface area contributed by atoms with E-state index in [2.05, 4.69) is 10.1 Å². The molecule has 0 spiro atoms. The zero-order chi connectivity index (χ0) is 19.1. The van der Waals surface area contributed by atoms with Crippen LogP contribution >= 0.6 is 0 Å². The first kappa shape index (κ1) is 17.7. The standard InChI is InChI=1S/C19H20N2O5/c1-11-5-7-13(8-6-11)19(3)17(23)21(18(24)20-19)10-14-9-15(12(2)26-14)16(22)25-4/h5-9H,10H2,1-4H3,(H,20,24). The Morgan fingerprint density at radius 2 is 1.88 bits per heavy atom. The van der Waals surface area contributed by atoms with Gasteiger partial charge in [0, 0.05) is 0 Å². The molecular formula is C19H20N2O5. The molecule has 1 saturated heterocycles. The number of amides is 3. The van der Waals surface area contributed by atoms with Gasteiger partial charge < -0.3 is 14.5 Å². The van der Waals surface area contributed by atoms with Crippen LogP contribution in [0.1, 0.15) is 39.9 Å². The normalized spacial score (nSPS) is 19.6. The Bertz CT molecular complexity index is 884. The van der Waals surface area contributed by atoms with Crippen molar-refractivity contribution in [3.05, 3.63) is 58.5 Å². The minimum atomic E-state index is -1.14. The zero-order valence-electron chi connectivity index (χ0n) is 15.1. The number of ether oxygens (including phenoxy) is 1. The largest absolute Gasteiger partial charge is 0.465 e. The van der Waals surface area contributed by atoms with Crippen LogP contribution in [0.3, 0.4) is 0 Å². The van der Waals surface area contributed by atoms with Crippen molar-refractivity contribution in [2.75, 3.05) is 7.11 Å². The highest BCUT2D eigenvalue weighted by Gasteiger charge is 2.49. The second-order valence-electron chi connectivity index (χ2n) is 6.49. The van der Waals surface area contributed by atoms with Gasteiger partial charge in [0.25, 0.3) is 5.91 Å². The van der Waals surface area contributed by atoms with Crippen LogP contribution in [-0.2, 0) is 21.6 Å². The van der Waals surface area contributed by atoms with Crippen molar-refractivity contribution < 1.29 is 23.5 Å². The molecule has 0 radical (unpaired) electrons. The van der Waals surface area contributed by atoms with Gasteiger partial charge in [-0.2, -0.15) is 0 Å². The van der Waals surface area contributed by atoms with E-state index in [1.165, 1.54) is 13.2 Å². The van der Waals surface area contributed by atoms with Crippen molar-refractivity contribution in [3.63, 3.8) is 0 Å². The van der Waals surface area contributed by atoms with Crippen molar-refractivity contribution in [2.45, 2.75) is 32.9 Å². The first-order valence-electron chi connectivity index (χ1n) is 8.15. The number of hydrogen-bond donors (Lipinski definition) is 1. The molecule has 0 aliphatic carbocycles. The third-order valence-corrected chi connectivity index (χ3v) is 4.59. The summed E-state index contributed by atoms with van der Waals surface area (Å²) in [6.07, 6.45) is 0. The number of rotatable bonds is 4. The van der Waals surface area contributed by atoms with Gasteiger partial charge in [0.05, 0.1) is 13.7 Å². The van der Waals surface area contributed by atoms with Gasteiger partial charge in [-0.1, -0.05) is 29.8 Å². The molecular weight excluding hydrogens is 336 g/mol. The van der Waals surface area contributed by atoms with Gasteiger partial charge in [-0.3, -0.25) is 9.69 Å². The molecule has 1 unspecified atom stereocenters. The third kappa shape index (κ3) is 2.85. The summed E-state index contributed by atoms with van der Waals surface area (Å²) >= 11 is 0. The van der Waals surface area contributed by atoms with Crippen LogP contribution in [0.5, 0.6) is 0 Å². The van der Waals surface area contributed by atoms with Crippen molar-refractivity contribution in [1.82, 2.24) is 10.2 Å². The number of carbonyl (C=O) groups is 3. The van der Waals surface area contributed by atoms with Gasteiger partial charge in [-0.15, -0.1) is 0 Å². The van der Waals surface area contributed by atoms with E-state index in [4.69, 9.17) is 4.42 Å². The molecule has 7 heteroatoms. The molecule has 7 nitrogen and oxygen atoms in total. The maximum absolute atomic E-state index is 12.9. The Balaban J connectivity index is 1.86. The van der Waals surface area contributed by atoms with Gasteiger partial charge in [0.1, 0.15) is 22.6 Å². The predicted molar refractivity (Wildman–Crippen MR) is 92.4 cm³/mol. The highest BCUT2D eigenvalue weighted by molar-refractivity contribution is 6.07. The number of hydrogen-bond acceptors (Lipinski definition) is 5. The van der Waals surface area contributed by atoms with Gasteiger partial charge in [-0.05, 0) is 32.4 Å². The number of carbonyl (C=O) groups excluding carboxylic acids is 3. The van der Waals surface area contributed by atoms with Crippen molar-refractivity contribution >= 4 is 17.9 Å². The Morgan fingerprint density at radius 3 is 2.50 bits per heavy atom. The fraction of sp³-hybridized carbons (Fsp3) is 0.316. The molecule has 136 valence electrons. The second kappa shape index (κ2) is 6.33. The number of methoxy groups -OCH3 is 1. The quantitative estimate of drug-likeness (QED) is 0.672. The van der Waals surface area contributed by atoms with E-state index >= 15 is 0 Å². The van der Waals surface area contributed by atoms with Crippen molar-refractivity contribution in [2.24, 2.45) is 0 Å². The van der Waals surface area contributed by atoms with Gasteiger partial charge in [0.15, 0.2) is 0 Å². The Morgan fingerprint density at radius 1 is 1.23 bits per heavy atom. The fourth-order valence-corrected chi connectivity index (χ4v) is 3.01. The molecule has 2 heterocycles. The van der Waals surface area contributed by atoms with E-state index in [1.54, 1.807) is 13.8 Å². The van der Waals surface area contributed by atoms with Gasteiger partial charge >= 0.3 is 12.0 Å². The van der Waals surface area contributed by atoms with Crippen LogP contribution in [0.4, 0.5) is 4.79 Å². The Kier molecular flexibility index (Phi) is 4.31. The van der Waals surface area contributed by atoms with Crippen LogP contribution in [0.2, 0.25) is 0 Å². The average Bonchev–Trinajstić information content (AvgIpc) is 3.08. The van der Waals surface area contributed by atoms with E-state index < -0.39 is 17.5 Å². The third-order valence-electron chi connectivity index (χ3n) is 4.59. The SMILES string of the molecule is COC(=O)c1cc(CN2C(=O)NC(C)(c3ccc(C)cc3)C2=O)oc1C. The summed E-state index contributed by atoms with van der Waals surface area (Å²) in [6, 6.07) is 8.41. The lowest BCUT2D eigenvalue weighted by atomic mass is 9.91. The lowest BCUT2D eigenvalue weighted by molar-refractivity contribution is -0.131. The van der Waals surface area contributed by atoms with Crippen LogP contribution in [0, 0.1) is 13.8 Å². The summed E-state index contributed by atoms with van der Waals surface area (Å²) < 4.78 is 10.2. The molecule has 1 aromatic carbocycles. The summed E-state index contributed by atoms with van der Waals surface area (Å²) in [5, 5.41) is 2.75. The van der Waals surface area contributed by atoms with Crippen molar-refractivity contribution in [3.8, 4) is 0 Å². The zero-order valence-corrected chi connectivity index (χ0v) is 15.1. The van der Waals surface area contributed by atoms with Gasteiger partial charge in [-0.25, -0.2) is 9.59 Å². The average molecular weight is 356 g/mol. The van der Waals surface area contributed by atoms with Crippen LogP contribution < -0.4 is 5.32 Å². The number of urea groups is 1. The number of benzene rings is 1. The molecule has 1 aliphatic heterocycles. The fourth-order valence-electron chi connectivity index (χ4n) is 3.01. The monoisotopic (exact) mass is 356 g/mol. The number of imide groups is 1. The number of nitrogens with one attached hydrogen (secondary N) is 1. The molecule has 1 aromatic heterocycles. The number of furan rings is 1. The van der Waals surface area contributed by atoms with Gasteiger partial charge in [0.2, 0.25) is 0 Å². The minimum Gasteiger partial charge on any atom is -0.465 e. The molecule has 1 atom stereocenters. The van der Waals surface area contributed by atoms with E-state index in [9.17, 15) is 14.4 Å². The van der Waals surface area contributed by atoms with E-state index in [0.717, 1.165) is 10.5 Å². The molecule has 1 fully saturated rings. The molecule has 1 N–H and O–H groups in total. The highest BCUT2D eigenvalue weighted by atomic mass is 16.5. The van der Waals surface area contributed by atoms with E-state index in [0.29, 0.717) is 17.1 Å². The molecule has 2 aromatic rings. The first-order valence-corrected chi connectivity index (χ1v) is 8.15.